The van der Waals surface area contributed by atoms with Crippen molar-refractivity contribution in [2.75, 3.05) is 26.2 Å². The number of benzene rings is 2. The van der Waals surface area contributed by atoms with Gasteiger partial charge in [0.25, 0.3) is 5.91 Å². The number of hydrogen-bond acceptors (Lipinski definition) is 4. The van der Waals surface area contributed by atoms with Gasteiger partial charge in [-0.3, -0.25) is 9.69 Å². The van der Waals surface area contributed by atoms with E-state index in [1.165, 1.54) is 23.5 Å². The average Bonchev–Trinajstić information content (AvgIpc) is 3.24. The summed E-state index contributed by atoms with van der Waals surface area (Å²) in [5.41, 5.74) is 2.01. The summed E-state index contributed by atoms with van der Waals surface area (Å²) in [6.07, 6.45) is 0. The Kier molecular flexibility index (Phi) is 7.13. The SMILES string of the molecule is O=C(c1cc(COc2cccc(F)c2)cs1)N1CCN(Cc2ccc(Cl)c(Cl)c2)CC1. The summed E-state index contributed by atoms with van der Waals surface area (Å²) in [7, 11) is 0. The molecular weight excluding hydrogens is 458 g/mol. The van der Waals surface area contributed by atoms with E-state index in [0.717, 1.165) is 30.8 Å². The molecule has 8 heteroatoms. The standard InChI is InChI=1S/C23H21Cl2FN2O2S/c24-20-5-4-16(10-21(20)25)13-27-6-8-28(9-7-27)23(29)22-11-17(15-31-22)14-30-19-3-1-2-18(26)12-19/h1-5,10-12,15H,6-9,13-14H2. The predicted octanol–water partition coefficient (Wildman–Crippen LogP) is 5.73. The van der Waals surface area contributed by atoms with Crippen LogP contribution in [0.4, 0.5) is 4.39 Å². The van der Waals surface area contributed by atoms with Crippen LogP contribution in [0.15, 0.2) is 53.9 Å². The molecule has 0 bridgehead atoms. The number of carbonyl (C=O) groups is 1. The number of halogens is 3. The Labute approximate surface area is 194 Å². The van der Waals surface area contributed by atoms with Crippen LogP contribution in [0.3, 0.4) is 0 Å². The Hall–Kier alpha value is -2.12. The maximum Gasteiger partial charge on any atom is 0.264 e. The van der Waals surface area contributed by atoms with Crippen molar-refractivity contribution in [2.45, 2.75) is 13.2 Å². The first-order chi connectivity index (χ1) is 15.0. The van der Waals surface area contributed by atoms with Crippen LogP contribution in [0.2, 0.25) is 10.0 Å². The van der Waals surface area contributed by atoms with E-state index in [2.05, 4.69) is 4.90 Å². The molecule has 1 saturated heterocycles. The van der Waals surface area contributed by atoms with Gasteiger partial charge in [-0.05, 0) is 41.3 Å². The van der Waals surface area contributed by atoms with Gasteiger partial charge in [0, 0.05) is 44.4 Å². The number of piperazine rings is 1. The Morgan fingerprint density at radius 1 is 1.00 bits per heavy atom. The third kappa shape index (κ3) is 5.77. The number of rotatable bonds is 6. The van der Waals surface area contributed by atoms with E-state index >= 15 is 0 Å². The zero-order chi connectivity index (χ0) is 21.8. The summed E-state index contributed by atoms with van der Waals surface area (Å²) in [4.78, 5) is 17.7. The van der Waals surface area contributed by atoms with Crippen molar-refractivity contribution in [1.82, 2.24) is 9.80 Å². The van der Waals surface area contributed by atoms with Gasteiger partial charge in [-0.15, -0.1) is 11.3 Å². The van der Waals surface area contributed by atoms with Gasteiger partial charge in [-0.2, -0.15) is 0 Å². The summed E-state index contributed by atoms with van der Waals surface area (Å²) < 4.78 is 18.9. The van der Waals surface area contributed by atoms with E-state index in [1.54, 1.807) is 12.1 Å². The molecule has 31 heavy (non-hydrogen) atoms. The summed E-state index contributed by atoms with van der Waals surface area (Å²) in [5.74, 6) is 0.172. The zero-order valence-electron chi connectivity index (χ0n) is 16.7. The molecule has 1 fully saturated rings. The summed E-state index contributed by atoms with van der Waals surface area (Å²) in [6.45, 7) is 4.02. The van der Waals surface area contributed by atoms with Crippen LogP contribution < -0.4 is 4.74 Å². The first-order valence-corrected chi connectivity index (χ1v) is 11.5. The molecule has 0 spiro atoms. The molecule has 4 nitrogen and oxygen atoms in total. The Balaban J connectivity index is 1.28. The van der Waals surface area contributed by atoms with E-state index in [1.807, 2.05) is 34.5 Å². The van der Waals surface area contributed by atoms with Crippen LogP contribution in [0.25, 0.3) is 0 Å². The molecule has 0 atom stereocenters. The minimum atomic E-state index is -0.336. The van der Waals surface area contributed by atoms with Crippen molar-refractivity contribution < 1.29 is 13.9 Å². The van der Waals surface area contributed by atoms with Crippen LogP contribution in [0.1, 0.15) is 20.8 Å². The summed E-state index contributed by atoms with van der Waals surface area (Å²) in [6, 6.07) is 13.6. The second kappa shape index (κ2) is 10.0. The second-order valence-electron chi connectivity index (χ2n) is 7.38. The van der Waals surface area contributed by atoms with Gasteiger partial charge in [0.2, 0.25) is 0 Å². The average molecular weight is 479 g/mol. The van der Waals surface area contributed by atoms with Gasteiger partial charge < -0.3 is 9.64 Å². The Bertz CT molecular complexity index is 1070. The maximum absolute atomic E-state index is 13.2. The fourth-order valence-corrected chi connectivity index (χ4v) is 4.63. The quantitative estimate of drug-likeness (QED) is 0.453. The number of hydrogen-bond donors (Lipinski definition) is 0. The van der Waals surface area contributed by atoms with E-state index in [0.29, 0.717) is 40.4 Å². The van der Waals surface area contributed by atoms with Gasteiger partial charge >= 0.3 is 0 Å². The fraction of sp³-hybridized carbons (Fsp3) is 0.261. The number of ether oxygens (including phenoxy) is 1. The molecule has 1 amide bonds. The van der Waals surface area contributed by atoms with Gasteiger partial charge in [0.1, 0.15) is 18.2 Å². The minimum Gasteiger partial charge on any atom is -0.489 e. The first-order valence-electron chi connectivity index (χ1n) is 9.89. The fourth-order valence-electron chi connectivity index (χ4n) is 3.45. The molecule has 2 heterocycles. The molecule has 2 aromatic carbocycles. The van der Waals surface area contributed by atoms with Crippen LogP contribution in [-0.2, 0) is 13.2 Å². The van der Waals surface area contributed by atoms with Gasteiger partial charge in [0.05, 0.1) is 14.9 Å². The van der Waals surface area contributed by atoms with Crippen LogP contribution >= 0.6 is 34.5 Å². The third-order valence-electron chi connectivity index (χ3n) is 5.12. The Morgan fingerprint density at radius 2 is 1.81 bits per heavy atom. The highest BCUT2D eigenvalue weighted by Gasteiger charge is 2.23. The molecule has 4 rings (SSSR count). The topological polar surface area (TPSA) is 32.8 Å². The molecule has 0 saturated carbocycles. The molecule has 0 radical (unpaired) electrons. The lowest BCUT2D eigenvalue weighted by Gasteiger charge is -2.34. The Morgan fingerprint density at radius 3 is 2.55 bits per heavy atom. The van der Waals surface area contributed by atoms with Crippen LogP contribution in [0.5, 0.6) is 5.75 Å². The van der Waals surface area contributed by atoms with Gasteiger partial charge in [0.15, 0.2) is 0 Å². The molecule has 1 aliphatic rings. The highest BCUT2D eigenvalue weighted by molar-refractivity contribution is 7.12. The van der Waals surface area contributed by atoms with Crippen molar-refractivity contribution in [3.63, 3.8) is 0 Å². The molecule has 162 valence electrons. The van der Waals surface area contributed by atoms with Crippen LogP contribution in [0, 0.1) is 5.82 Å². The number of nitrogens with zero attached hydrogens (tertiary/aromatic N) is 2. The molecule has 3 aromatic rings. The lowest BCUT2D eigenvalue weighted by molar-refractivity contribution is 0.0633. The van der Waals surface area contributed by atoms with Crippen molar-refractivity contribution >= 4 is 40.4 Å². The van der Waals surface area contributed by atoms with Crippen LogP contribution in [-0.4, -0.2) is 41.9 Å². The molecule has 0 aliphatic carbocycles. The molecular formula is C23H21Cl2FN2O2S. The number of carbonyl (C=O) groups excluding carboxylic acids is 1. The normalized spacial score (nSPS) is 14.6. The number of thiophene rings is 1. The second-order valence-corrected chi connectivity index (χ2v) is 9.11. The lowest BCUT2D eigenvalue weighted by Crippen LogP contribution is -2.48. The monoisotopic (exact) mass is 478 g/mol. The third-order valence-corrected chi connectivity index (χ3v) is 6.82. The van der Waals surface area contributed by atoms with Crippen molar-refractivity contribution in [1.29, 1.82) is 0 Å². The first kappa shape index (κ1) is 22.1. The van der Waals surface area contributed by atoms with E-state index in [-0.39, 0.29) is 11.7 Å². The van der Waals surface area contributed by atoms with Gasteiger partial charge in [-0.25, -0.2) is 4.39 Å². The highest BCUT2D eigenvalue weighted by Crippen LogP contribution is 2.24. The molecule has 0 N–H and O–H groups in total. The van der Waals surface area contributed by atoms with Crippen molar-refractivity contribution in [3.05, 3.63) is 85.8 Å². The van der Waals surface area contributed by atoms with Crippen molar-refractivity contribution in [3.8, 4) is 5.75 Å². The summed E-state index contributed by atoms with van der Waals surface area (Å²) in [5, 5.41) is 3.02. The zero-order valence-corrected chi connectivity index (χ0v) is 19.0. The van der Waals surface area contributed by atoms with E-state index in [9.17, 15) is 9.18 Å². The van der Waals surface area contributed by atoms with E-state index < -0.39 is 0 Å². The van der Waals surface area contributed by atoms with Crippen molar-refractivity contribution in [2.24, 2.45) is 0 Å². The highest BCUT2D eigenvalue weighted by atomic mass is 35.5. The number of amides is 1. The molecule has 1 aliphatic heterocycles. The molecule has 1 aromatic heterocycles. The smallest absolute Gasteiger partial charge is 0.264 e. The van der Waals surface area contributed by atoms with E-state index in [4.69, 9.17) is 27.9 Å². The maximum atomic E-state index is 13.2. The minimum absolute atomic E-state index is 0.0381. The largest absolute Gasteiger partial charge is 0.489 e. The lowest BCUT2D eigenvalue weighted by atomic mass is 10.2. The van der Waals surface area contributed by atoms with Gasteiger partial charge in [-0.1, -0.05) is 35.3 Å². The molecule has 0 unspecified atom stereocenters. The predicted molar refractivity (Wildman–Crippen MR) is 123 cm³/mol. The summed E-state index contributed by atoms with van der Waals surface area (Å²) >= 11 is 13.5.